The number of anilines is 2. The van der Waals surface area contributed by atoms with Crippen molar-refractivity contribution < 1.29 is 18.6 Å². The molecule has 160 valence electrons. The molecule has 2 aromatic carbocycles. The monoisotopic (exact) mass is 456 g/mol. The fourth-order valence-corrected chi connectivity index (χ4v) is 3.21. The number of phenols is 1. The van der Waals surface area contributed by atoms with Crippen LogP contribution < -0.4 is 15.4 Å². The van der Waals surface area contributed by atoms with Crippen molar-refractivity contribution in [2.75, 3.05) is 25.5 Å². The number of aromatic nitrogens is 2. The molecule has 0 spiro atoms. The Morgan fingerprint density at radius 1 is 1.27 bits per heavy atom. The van der Waals surface area contributed by atoms with Gasteiger partial charge < -0.3 is 20.5 Å². The Morgan fingerprint density at radius 2 is 2.07 bits per heavy atom. The lowest BCUT2D eigenvalue weighted by Crippen LogP contribution is -2.30. The highest BCUT2D eigenvalue weighted by Crippen LogP contribution is 2.35. The number of fused-ring (bicyclic) bond motifs is 1. The number of piperidine rings is 1. The van der Waals surface area contributed by atoms with E-state index < -0.39 is 12.0 Å². The van der Waals surface area contributed by atoms with Gasteiger partial charge >= 0.3 is 0 Å². The average Bonchev–Trinajstić information content (AvgIpc) is 2.75. The number of alkyl halides is 1. The second-order valence-corrected chi connectivity index (χ2v) is 7.34. The Balaban J connectivity index is 0.000000310. The van der Waals surface area contributed by atoms with Crippen LogP contribution in [0.15, 0.2) is 30.6 Å². The van der Waals surface area contributed by atoms with Crippen LogP contribution >= 0.6 is 23.2 Å². The van der Waals surface area contributed by atoms with Gasteiger partial charge in [-0.25, -0.2) is 18.7 Å². The number of hydrogen-bond acceptors (Lipinski definition) is 6. The van der Waals surface area contributed by atoms with Gasteiger partial charge in [0.2, 0.25) is 0 Å². The highest BCUT2D eigenvalue weighted by Gasteiger charge is 2.14. The number of aromatic hydroxyl groups is 1. The summed E-state index contributed by atoms with van der Waals surface area (Å²) in [5.41, 5.74) is 0.632. The summed E-state index contributed by atoms with van der Waals surface area (Å²) in [7, 11) is 1.44. The van der Waals surface area contributed by atoms with Gasteiger partial charge in [0.1, 0.15) is 18.3 Å². The molecular formula is C20H20Cl2F2N4O2. The molecule has 2 heterocycles. The van der Waals surface area contributed by atoms with Crippen molar-refractivity contribution in [1.29, 1.82) is 0 Å². The first-order valence-electron chi connectivity index (χ1n) is 9.17. The number of benzene rings is 2. The second-order valence-electron chi connectivity index (χ2n) is 6.56. The van der Waals surface area contributed by atoms with E-state index in [1.807, 2.05) is 0 Å². The summed E-state index contributed by atoms with van der Waals surface area (Å²) in [5, 5.41) is 16.1. The summed E-state index contributed by atoms with van der Waals surface area (Å²) in [6, 6.07) is 5.91. The van der Waals surface area contributed by atoms with Gasteiger partial charge in [-0.2, -0.15) is 0 Å². The van der Waals surface area contributed by atoms with E-state index in [0.29, 0.717) is 23.3 Å². The van der Waals surface area contributed by atoms with E-state index in [-0.39, 0.29) is 27.2 Å². The first kappa shape index (κ1) is 22.3. The van der Waals surface area contributed by atoms with Gasteiger partial charge in [0.25, 0.3) is 0 Å². The van der Waals surface area contributed by atoms with Crippen molar-refractivity contribution in [2.24, 2.45) is 0 Å². The molecule has 0 radical (unpaired) electrons. The lowest BCUT2D eigenvalue weighted by atomic mass is 10.1. The van der Waals surface area contributed by atoms with Crippen LogP contribution in [0.25, 0.3) is 10.9 Å². The fourth-order valence-electron chi connectivity index (χ4n) is 2.89. The maximum absolute atomic E-state index is 14.2. The number of methoxy groups -OCH3 is 1. The minimum absolute atomic E-state index is 0.0764. The Hall–Kier alpha value is -2.42. The first-order valence-corrected chi connectivity index (χ1v) is 9.93. The number of nitrogens with zero attached hydrogens (tertiary/aromatic N) is 2. The van der Waals surface area contributed by atoms with E-state index in [1.165, 1.54) is 31.6 Å². The maximum atomic E-state index is 14.2. The van der Waals surface area contributed by atoms with E-state index in [1.54, 1.807) is 6.07 Å². The van der Waals surface area contributed by atoms with Crippen LogP contribution in [0.3, 0.4) is 0 Å². The summed E-state index contributed by atoms with van der Waals surface area (Å²) in [4.78, 5) is 8.18. The number of nitrogens with one attached hydrogen (secondary N) is 2. The van der Waals surface area contributed by atoms with Gasteiger partial charge in [0.05, 0.1) is 28.4 Å². The Morgan fingerprint density at radius 3 is 2.70 bits per heavy atom. The third kappa shape index (κ3) is 5.19. The molecule has 0 amide bonds. The highest BCUT2D eigenvalue weighted by molar-refractivity contribution is 6.42. The van der Waals surface area contributed by atoms with Crippen molar-refractivity contribution in [1.82, 2.24) is 15.3 Å². The third-order valence-corrected chi connectivity index (χ3v) is 5.24. The van der Waals surface area contributed by atoms with Crippen molar-refractivity contribution in [3.63, 3.8) is 0 Å². The van der Waals surface area contributed by atoms with Crippen molar-refractivity contribution in [3.05, 3.63) is 46.5 Å². The minimum atomic E-state index is -0.691. The molecule has 0 bridgehead atoms. The molecule has 1 aromatic heterocycles. The lowest BCUT2D eigenvalue weighted by Gasteiger charge is -2.14. The molecule has 1 aliphatic heterocycles. The topological polar surface area (TPSA) is 79.3 Å². The van der Waals surface area contributed by atoms with E-state index in [9.17, 15) is 13.9 Å². The van der Waals surface area contributed by atoms with Crippen LogP contribution in [-0.4, -0.2) is 41.4 Å². The molecule has 1 saturated heterocycles. The third-order valence-electron chi connectivity index (χ3n) is 4.46. The van der Waals surface area contributed by atoms with Gasteiger partial charge in [-0.1, -0.05) is 23.2 Å². The molecule has 3 N–H and O–H groups in total. The Labute approximate surface area is 182 Å². The van der Waals surface area contributed by atoms with Gasteiger partial charge in [-0.15, -0.1) is 0 Å². The largest absolute Gasteiger partial charge is 0.504 e. The number of ether oxygens (including phenoxy) is 1. The molecule has 1 aliphatic rings. The van der Waals surface area contributed by atoms with E-state index in [4.69, 9.17) is 27.9 Å². The molecule has 30 heavy (non-hydrogen) atoms. The number of rotatable bonds is 3. The summed E-state index contributed by atoms with van der Waals surface area (Å²) in [6.45, 7) is 1.57. The zero-order valence-electron chi connectivity index (χ0n) is 16.1. The highest BCUT2D eigenvalue weighted by atomic mass is 35.5. The molecule has 3 aromatic rings. The van der Waals surface area contributed by atoms with Crippen LogP contribution in [0.4, 0.5) is 20.3 Å². The molecule has 4 rings (SSSR count). The first-order chi connectivity index (χ1) is 14.4. The number of hydrogen-bond donors (Lipinski definition) is 3. The Bertz CT molecular complexity index is 1030. The molecule has 10 heteroatoms. The lowest BCUT2D eigenvalue weighted by molar-refractivity contribution is 0.266. The molecule has 0 saturated carbocycles. The quantitative estimate of drug-likeness (QED) is 0.467. The van der Waals surface area contributed by atoms with Crippen molar-refractivity contribution >= 4 is 45.6 Å². The normalized spacial score (nSPS) is 16.0. The van der Waals surface area contributed by atoms with Gasteiger partial charge in [-0.05, 0) is 37.6 Å². The van der Waals surface area contributed by atoms with E-state index in [0.717, 1.165) is 19.4 Å². The molecule has 1 unspecified atom stereocenters. The number of phenolic OH excluding ortho intramolecular Hbond substituents is 1. The predicted molar refractivity (Wildman–Crippen MR) is 114 cm³/mol. The summed E-state index contributed by atoms with van der Waals surface area (Å²) < 4.78 is 31.3. The smallest absolute Gasteiger partial charge is 0.166 e. The van der Waals surface area contributed by atoms with E-state index in [2.05, 4.69) is 20.6 Å². The van der Waals surface area contributed by atoms with Crippen molar-refractivity contribution in [2.45, 2.75) is 19.0 Å². The summed E-state index contributed by atoms with van der Waals surface area (Å²) in [6.07, 6.45) is 2.50. The van der Waals surface area contributed by atoms with Crippen LogP contribution in [-0.2, 0) is 0 Å². The summed E-state index contributed by atoms with van der Waals surface area (Å²) >= 11 is 11.6. The standard InChI is InChI=1S/C15H10Cl2FN3O2.C5H10FN/c1-23-12-5-10-7(4-11(12)22)15(20-6-19-10)21-9-3-2-8(16)13(17)14(9)18;6-5-2-1-3-7-4-5/h2-6,22H,1H3,(H,19,20,21);5,7H,1-4H2. The van der Waals surface area contributed by atoms with E-state index >= 15 is 0 Å². The predicted octanol–water partition coefficient (Wildman–Crippen LogP) is 5.24. The Kier molecular flexibility index (Phi) is 7.47. The van der Waals surface area contributed by atoms with Crippen LogP contribution in [0.2, 0.25) is 10.0 Å². The van der Waals surface area contributed by atoms with Crippen LogP contribution in [0, 0.1) is 5.82 Å². The van der Waals surface area contributed by atoms with Gasteiger partial charge in [0.15, 0.2) is 17.3 Å². The fraction of sp³-hybridized carbons (Fsp3) is 0.300. The van der Waals surface area contributed by atoms with Gasteiger partial charge in [-0.3, -0.25) is 0 Å². The molecule has 1 atom stereocenters. The van der Waals surface area contributed by atoms with Crippen LogP contribution in [0.5, 0.6) is 11.5 Å². The SMILES string of the molecule is COc1cc2ncnc(Nc3ccc(Cl)c(Cl)c3F)c2cc1O.FC1CCCNC1. The maximum Gasteiger partial charge on any atom is 0.166 e. The zero-order chi connectivity index (χ0) is 21.7. The average molecular weight is 457 g/mol. The van der Waals surface area contributed by atoms with Crippen molar-refractivity contribution in [3.8, 4) is 11.5 Å². The molecule has 1 fully saturated rings. The molecular weight excluding hydrogens is 437 g/mol. The minimum Gasteiger partial charge on any atom is -0.504 e. The van der Waals surface area contributed by atoms with Crippen LogP contribution in [0.1, 0.15) is 12.8 Å². The molecule has 0 aliphatic carbocycles. The zero-order valence-corrected chi connectivity index (χ0v) is 17.6. The van der Waals surface area contributed by atoms with Gasteiger partial charge in [0, 0.05) is 18.0 Å². The summed E-state index contributed by atoms with van der Waals surface area (Å²) in [5.74, 6) is -0.177. The second kappa shape index (κ2) is 10.1. The molecule has 6 nitrogen and oxygen atoms in total. The number of halogens is 4.